The van der Waals surface area contributed by atoms with E-state index in [2.05, 4.69) is 26.6 Å². The number of hydrogen-bond donors (Lipinski definition) is 2. The summed E-state index contributed by atoms with van der Waals surface area (Å²) in [5.41, 5.74) is 1.99. The fraction of sp³-hybridized carbons (Fsp3) is 0.148. The molecule has 0 bridgehead atoms. The van der Waals surface area contributed by atoms with Gasteiger partial charge < -0.3 is 20.1 Å². The number of amides is 2. The molecular weight excluding hydrogens is 529 g/mol. The number of para-hydroxylation sites is 1. The highest BCUT2D eigenvalue weighted by molar-refractivity contribution is 9.10. The van der Waals surface area contributed by atoms with Crippen LogP contribution in [0.3, 0.4) is 0 Å². The summed E-state index contributed by atoms with van der Waals surface area (Å²) >= 11 is 3.40. The van der Waals surface area contributed by atoms with Gasteiger partial charge in [0, 0.05) is 5.69 Å². The van der Waals surface area contributed by atoms with Gasteiger partial charge in [0.1, 0.15) is 17.5 Å². The van der Waals surface area contributed by atoms with Crippen molar-refractivity contribution in [2.45, 2.75) is 13.8 Å². The van der Waals surface area contributed by atoms with E-state index in [0.717, 1.165) is 5.56 Å². The molecule has 3 aromatic carbocycles. The Bertz CT molecular complexity index is 1350. The number of hydrogen-bond acceptors (Lipinski definition) is 5. The second-order valence-electron chi connectivity index (χ2n) is 7.57. The summed E-state index contributed by atoms with van der Waals surface area (Å²) in [7, 11) is 0. The van der Waals surface area contributed by atoms with Crippen molar-refractivity contribution in [1.82, 2.24) is 0 Å². The topological polar surface area (TPSA) is 100 Å². The lowest BCUT2D eigenvalue weighted by atomic mass is 10.1. The number of rotatable bonds is 9. The molecule has 0 heterocycles. The highest BCUT2D eigenvalue weighted by Gasteiger charge is 2.16. The standard InChI is InChI=1S/C27H23BrFN3O4/c1-3-35-24-14-18(12-19(15-30)27(34)31-20-8-6-7-17(2)11-20)13-21(28)26(24)36-16-25(33)32-23-10-5-4-9-22(23)29/h4-14H,3,16H2,1-2H3,(H,31,34)(H,32,33)/b19-12+. The van der Waals surface area contributed by atoms with E-state index in [4.69, 9.17) is 9.47 Å². The lowest BCUT2D eigenvalue weighted by molar-refractivity contribution is -0.118. The summed E-state index contributed by atoms with van der Waals surface area (Å²) in [5.74, 6) is -1.12. The van der Waals surface area contributed by atoms with Gasteiger partial charge in [-0.1, -0.05) is 24.3 Å². The number of benzene rings is 3. The van der Waals surface area contributed by atoms with Gasteiger partial charge in [-0.3, -0.25) is 9.59 Å². The third kappa shape index (κ3) is 7.17. The molecule has 2 N–H and O–H groups in total. The molecule has 3 rings (SSSR count). The van der Waals surface area contributed by atoms with Crippen LogP contribution in [0.5, 0.6) is 11.5 Å². The molecule has 0 aliphatic carbocycles. The van der Waals surface area contributed by atoms with Crippen LogP contribution in [0.1, 0.15) is 18.1 Å². The molecule has 36 heavy (non-hydrogen) atoms. The molecule has 0 aliphatic heterocycles. The minimum Gasteiger partial charge on any atom is -0.490 e. The van der Waals surface area contributed by atoms with Crippen molar-refractivity contribution in [3.8, 4) is 17.6 Å². The summed E-state index contributed by atoms with van der Waals surface area (Å²) in [6, 6.07) is 18.2. The van der Waals surface area contributed by atoms with Crippen molar-refractivity contribution in [1.29, 1.82) is 5.26 Å². The normalized spacial score (nSPS) is 10.8. The molecular formula is C27H23BrFN3O4. The number of carbonyl (C=O) groups is 2. The third-order valence-corrected chi connectivity index (χ3v) is 5.37. The molecule has 9 heteroatoms. The maximum atomic E-state index is 13.8. The van der Waals surface area contributed by atoms with E-state index in [-0.39, 0.29) is 17.0 Å². The monoisotopic (exact) mass is 551 g/mol. The average Bonchev–Trinajstić information content (AvgIpc) is 2.83. The van der Waals surface area contributed by atoms with Crippen LogP contribution >= 0.6 is 15.9 Å². The predicted molar refractivity (Wildman–Crippen MR) is 139 cm³/mol. The van der Waals surface area contributed by atoms with Crippen molar-refractivity contribution in [3.05, 3.63) is 87.7 Å². The van der Waals surface area contributed by atoms with Gasteiger partial charge in [0.25, 0.3) is 11.8 Å². The third-order valence-electron chi connectivity index (χ3n) is 4.78. The molecule has 184 valence electrons. The molecule has 0 fully saturated rings. The van der Waals surface area contributed by atoms with E-state index in [1.807, 2.05) is 25.1 Å². The van der Waals surface area contributed by atoms with Gasteiger partial charge in [0.15, 0.2) is 18.1 Å². The van der Waals surface area contributed by atoms with E-state index < -0.39 is 24.2 Å². The number of ether oxygens (including phenoxy) is 2. The zero-order valence-corrected chi connectivity index (χ0v) is 21.2. The van der Waals surface area contributed by atoms with Gasteiger partial charge in [-0.25, -0.2) is 4.39 Å². The Hall–Kier alpha value is -4.16. The zero-order valence-electron chi connectivity index (χ0n) is 19.6. The van der Waals surface area contributed by atoms with Gasteiger partial charge in [-0.05, 0) is 83.4 Å². The molecule has 0 atom stereocenters. The van der Waals surface area contributed by atoms with E-state index in [0.29, 0.717) is 28.1 Å². The van der Waals surface area contributed by atoms with Crippen molar-refractivity contribution in [3.63, 3.8) is 0 Å². The minimum absolute atomic E-state index is 0.0451. The zero-order chi connectivity index (χ0) is 26.1. The number of nitrogens with zero attached hydrogens (tertiary/aromatic N) is 1. The Morgan fingerprint density at radius 1 is 1.08 bits per heavy atom. The highest BCUT2D eigenvalue weighted by atomic mass is 79.9. The van der Waals surface area contributed by atoms with Crippen LogP contribution < -0.4 is 20.1 Å². The maximum absolute atomic E-state index is 13.8. The van der Waals surface area contributed by atoms with Gasteiger partial charge in [0.05, 0.1) is 16.8 Å². The summed E-state index contributed by atoms with van der Waals surface area (Å²) in [5, 5.41) is 14.7. The molecule has 0 radical (unpaired) electrons. The van der Waals surface area contributed by atoms with Crippen LogP contribution in [-0.4, -0.2) is 25.0 Å². The Kier molecular flexibility index (Phi) is 9.19. The number of anilines is 2. The lowest BCUT2D eigenvalue weighted by Gasteiger charge is -2.15. The highest BCUT2D eigenvalue weighted by Crippen LogP contribution is 2.37. The summed E-state index contributed by atoms with van der Waals surface area (Å²) in [6.45, 7) is 3.58. The Morgan fingerprint density at radius 2 is 1.86 bits per heavy atom. The largest absolute Gasteiger partial charge is 0.490 e. The fourth-order valence-electron chi connectivity index (χ4n) is 3.20. The van der Waals surface area contributed by atoms with E-state index in [1.165, 1.54) is 24.3 Å². The maximum Gasteiger partial charge on any atom is 0.266 e. The first kappa shape index (κ1) is 26.4. The Morgan fingerprint density at radius 3 is 2.56 bits per heavy atom. The molecule has 7 nitrogen and oxygen atoms in total. The van der Waals surface area contributed by atoms with Crippen LogP contribution in [0.25, 0.3) is 6.08 Å². The van der Waals surface area contributed by atoms with Crippen LogP contribution in [0.2, 0.25) is 0 Å². The second-order valence-corrected chi connectivity index (χ2v) is 8.43. The van der Waals surface area contributed by atoms with Crippen molar-refractivity contribution < 1.29 is 23.5 Å². The summed E-state index contributed by atoms with van der Waals surface area (Å²) in [4.78, 5) is 24.9. The second kappa shape index (κ2) is 12.5. The number of halogens is 2. The van der Waals surface area contributed by atoms with Crippen molar-refractivity contribution in [2.24, 2.45) is 0 Å². The van der Waals surface area contributed by atoms with Crippen LogP contribution in [0.4, 0.5) is 15.8 Å². The van der Waals surface area contributed by atoms with E-state index in [9.17, 15) is 19.2 Å². The van der Waals surface area contributed by atoms with E-state index in [1.54, 1.807) is 37.3 Å². The lowest BCUT2D eigenvalue weighted by Crippen LogP contribution is -2.21. The molecule has 0 aromatic heterocycles. The van der Waals surface area contributed by atoms with Gasteiger partial charge >= 0.3 is 0 Å². The minimum atomic E-state index is -0.557. The summed E-state index contributed by atoms with van der Waals surface area (Å²) < 4.78 is 25.5. The van der Waals surface area contributed by atoms with Crippen molar-refractivity contribution in [2.75, 3.05) is 23.8 Å². The average molecular weight is 552 g/mol. The van der Waals surface area contributed by atoms with Gasteiger partial charge in [-0.2, -0.15) is 5.26 Å². The molecule has 0 saturated carbocycles. The van der Waals surface area contributed by atoms with Crippen LogP contribution in [0, 0.1) is 24.1 Å². The number of nitriles is 1. The van der Waals surface area contributed by atoms with Crippen molar-refractivity contribution >= 4 is 45.2 Å². The first-order valence-corrected chi connectivity index (χ1v) is 11.7. The number of aryl methyl sites for hydroxylation is 1. The molecule has 0 spiro atoms. The Labute approximate surface area is 216 Å². The number of carbonyl (C=O) groups excluding carboxylic acids is 2. The molecule has 0 saturated heterocycles. The quantitative estimate of drug-likeness (QED) is 0.256. The van der Waals surface area contributed by atoms with Crippen LogP contribution in [-0.2, 0) is 9.59 Å². The van der Waals surface area contributed by atoms with Gasteiger partial charge in [-0.15, -0.1) is 0 Å². The first-order valence-electron chi connectivity index (χ1n) is 10.9. The van der Waals surface area contributed by atoms with Gasteiger partial charge in [0.2, 0.25) is 0 Å². The molecule has 2 amide bonds. The number of nitrogens with one attached hydrogen (secondary N) is 2. The first-order chi connectivity index (χ1) is 17.3. The molecule has 0 aliphatic rings. The Balaban J connectivity index is 1.78. The fourth-order valence-corrected chi connectivity index (χ4v) is 3.77. The SMILES string of the molecule is CCOc1cc(/C=C(\C#N)C(=O)Nc2cccc(C)c2)cc(Br)c1OCC(=O)Nc1ccccc1F. The molecule has 3 aromatic rings. The smallest absolute Gasteiger partial charge is 0.266 e. The van der Waals surface area contributed by atoms with E-state index >= 15 is 0 Å². The van der Waals surface area contributed by atoms with Crippen LogP contribution in [0.15, 0.2) is 70.7 Å². The molecule has 0 unspecified atom stereocenters. The summed E-state index contributed by atoms with van der Waals surface area (Å²) in [6.07, 6.45) is 1.42. The predicted octanol–water partition coefficient (Wildman–Crippen LogP) is 5.86.